The first-order valence-corrected chi connectivity index (χ1v) is 9.07. The fraction of sp³-hybridized carbons (Fsp3) is 0.333. The highest BCUT2D eigenvalue weighted by Gasteiger charge is 2.08. The molecule has 2 rings (SSSR count). The van der Waals surface area contributed by atoms with Crippen LogP contribution in [0.5, 0.6) is 23.0 Å². The molecule has 2 aromatic rings. The summed E-state index contributed by atoms with van der Waals surface area (Å²) in [5, 5.41) is 5.28. The van der Waals surface area contributed by atoms with Gasteiger partial charge in [0.25, 0.3) is 5.91 Å². The summed E-state index contributed by atoms with van der Waals surface area (Å²) in [6, 6.07) is 12.5. The number of hydrogen-bond donors (Lipinski definition) is 2. The molecule has 0 aliphatic heterocycles. The van der Waals surface area contributed by atoms with E-state index in [1.165, 1.54) is 0 Å². The van der Waals surface area contributed by atoms with Gasteiger partial charge in [0.1, 0.15) is 11.5 Å². The largest absolute Gasteiger partial charge is 0.497 e. The molecule has 0 bridgehead atoms. The van der Waals surface area contributed by atoms with Crippen molar-refractivity contribution < 1.29 is 28.5 Å². The fourth-order valence-corrected chi connectivity index (χ4v) is 2.50. The lowest BCUT2D eigenvalue weighted by molar-refractivity contribution is -0.127. The van der Waals surface area contributed by atoms with E-state index >= 15 is 0 Å². The minimum absolute atomic E-state index is 0.114. The van der Waals surface area contributed by atoms with Crippen LogP contribution in [-0.2, 0) is 16.0 Å². The number of ether oxygens (including phenoxy) is 4. The minimum Gasteiger partial charge on any atom is -0.497 e. The maximum Gasteiger partial charge on any atom is 0.258 e. The van der Waals surface area contributed by atoms with E-state index in [9.17, 15) is 9.59 Å². The lowest BCUT2D eigenvalue weighted by atomic mass is 10.1. The van der Waals surface area contributed by atoms with E-state index in [1.807, 2.05) is 18.2 Å². The van der Waals surface area contributed by atoms with Gasteiger partial charge in [-0.15, -0.1) is 0 Å². The normalized spacial score (nSPS) is 10.0. The van der Waals surface area contributed by atoms with Crippen LogP contribution in [0.25, 0.3) is 0 Å². The van der Waals surface area contributed by atoms with Crippen LogP contribution in [0.3, 0.4) is 0 Å². The van der Waals surface area contributed by atoms with E-state index in [2.05, 4.69) is 10.6 Å². The molecule has 29 heavy (non-hydrogen) atoms. The summed E-state index contributed by atoms with van der Waals surface area (Å²) in [6.07, 6.45) is 0.626. The summed E-state index contributed by atoms with van der Waals surface area (Å²) in [5.74, 6) is 1.88. The second-order valence-electron chi connectivity index (χ2n) is 6.03. The maximum atomic E-state index is 11.9. The van der Waals surface area contributed by atoms with Crippen LogP contribution >= 0.6 is 0 Å². The predicted molar refractivity (Wildman–Crippen MR) is 108 cm³/mol. The number of amides is 2. The lowest BCUT2D eigenvalue weighted by Crippen LogP contribution is -2.39. The van der Waals surface area contributed by atoms with Gasteiger partial charge < -0.3 is 29.6 Å². The molecule has 2 aromatic carbocycles. The van der Waals surface area contributed by atoms with Gasteiger partial charge in [-0.2, -0.15) is 0 Å². The van der Waals surface area contributed by atoms with Crippen LogP contribution in [0.1, 0.15) is 5.56 Å². The van der Waals surface area contributed by atoms with Gasteiger partial charge in [0.2, 0.25) is 5.91 Å². The summed E-state index contributed by atoms with van der Waals surface area (Å²) in [7, 11) is 4.72. The van der Waals surface area contributed by atoms with Crippen molar-refractivity contribution in [1.82, 2.24) is 10.6 Å². The Morgan fingerprint density at radius 2 is 1.48 bits per heavy atom. The van der Waals surface area contributed by atoms with E-state index in [1.54, 1.807) is 45.6 Å². The third-order valence-electron chi connectivity index (χ3n) is 4.06. The van der Waals surface area contributed by atoms with Crippen molar-refractivity contribution in [2.24, 2.45) is 0 Å². The molecule has 2 N–H and O–H groups in total. The van der Waals surface area contributed by atoms with Gasteiger partial charge >= 0.3 is 0 Å². The number of benzene rings is 2. The first-order chi connectivity index (χ1) is 14.0. The van der Waals surface area contributed by atoms with Crippen molar-refractivity contribution in [2.75, 3.05) is 41.0 Å². The molecule has 0 saturated heterocycles. The highest BCUT2D eigenvalue weighted by Crippen LogP contribution is 2.27. The van der Waals surface area contributed by atoms with E-state index < -0.39 is 0 Å². The summed E-state index contributed by atoms with van der Waals surface area (Å²) < 4.78 is 20.9. The molecule has 0 aliphatic carbocycles. The fourth-order valence-electron chi connectivity index (χ4n) is 2.50. The predicted octanol–water partition coefficient (Wildman–Crippen LogP) is 1.57. The van der Waals surface area contributed by atoms with Crippen molar-refractivity contribution in [2.45, 2.75) is 6.42 Å². The van der Waals surface area contributed by atoms with Gasteiger partial charge in [-0.1, -0.05) is 6.07 Å². The third kappa shape index (κ3) is 7.25. The van der Waals surface area contributed by atoms with Gasteiger partial charge in [-0.25, -0.2) is 0 Å². The average molecular weight is 402 g/mol. The standard InChI is InChI=1S/C21H26N2O6/c1-26-16-5-7-17(8-6-16)29-14-21(25)23-13-20(24)22-11-10-15-4-9-18(27-2)19(12-15)28-3/h4-9,12H,10-11,13-14H2,1-3H3,(H,22,24)(H,23,25). The van der Waals surface area contributed by atoms with E-state index in [4.69, 9.17) is 18.9 Å². The Kier molecular flexibility index (Phi) is 8.62. The molecule has 0 aromatic heterocycles. The van der Waals surface area contributed by atoms with Crippen molar-refractivity contribution in [1.29, 1.82) is 0 Å². The van der Waals surface area contributed by atoms with Gasteiger partial charge in [0.05, 0.1) is 27.9 Å². The van der Waals surface area contributed by atoms with Crippen LogP contribution in [0.15, 0.2) is 42.5 Å². The topological polar surface area (TPSA) is 95.1 Å². The van der Waals surface area contributed by atoms with E-state index in [0.717, 1.165) is 5.56 Å². The molecule has 0 atom stereocenters. The number of carbonyl (C=O) groups excluding carboxylic acids is 2. The number of rotatable bonds is 11. The smallest absolute Gasteiger partial charge is 0.258 e. The molecule has 8 heteroatoms. The number of nitrogens with one attached hydrogen (secondary N) is 2. The summed E-state index contributed by atoms with van der Waals surface area (Å²) >= 11 is 0. The first kappa shape index (κ1) is 21.9. The lowest BCUT2D eigenvalue weighted by Gasteiger charge is -2.10. The zero-order chi connectivity index (χ0) is 21.1. The highest BCUT2D eigenvalue weighted by atomic mass is 16.5. The second kappa shape index (κ2) is 11.4. The van der Waals surface area contributed by atoms with Crippen LogP contribution in [0.2, 0.25) is 0 Å². The molecule has 0 radical (unpaired) electrons. The van der Waals surface area contributed by atoms with Crippen LogP contribution in [0, 0.1) is 0 Å². The summed E-state index contributed by atoms with van der Waals surface area (Å²) in [5.41, 5.74) is 1.000. The molecule has 0 unspecified atom stereocenters. The Hall–Kier alpha value is -3.42. The average Bonchev–Trinajstić information content (AvgIpc) is 2.76. The molecule has 0 fully saturated rings. The Morgan fingerprint density at radius 1 is 0.793 bits per heavy atom. The maximum absolute atomic E-state index is 11.9. The molecule has 8 nitrogen and oxygen atoms in total. The molecular weight excluding hydrogens is 376 g/mol. The van der Waals surface area contributed by atoms with Crippen molar-refractivity contribution in [3.8, 4) is 23.0 Å². The minimum atomic E-state index is -0.379. The zero-order valence-corrected chi connectivity index (χ0v) is 16.8. The number of methoxy groups -OCH3 is 3. The second-order valence-corrected chi connectivity index (χ2v) is 6.03. The van der Waals surface area contributed by atoms with Crippen molar-refractivity contribution in [3.05, 3.63) is 48.0 Å². The van der Waals surface area contributed by atoms with Gasteiger partial charge in [-0.3, -0.25) is 9.59 Å². The molecule has 0 saturated carbocycles. The molecular formula is C21H26N2O6. The van der Waals surface area contributed by atoms with Gasteiger partial charge in [0.15, 0.2) is 18.1 Å². The molecule has 0 heterocycles. The zero-order valence-electron chi connectivity index (χ0n) is 16.8. The van der Waals surface area contributed by atoms with E-state index in [0.29, 0.717) is 36.0 Å². The third-order valence-corrected chi connectivity index (χ3v) is 4.06. The van der Waals surface area contributed by atoms with Crippen molar-refractivity contribution >= 4 is 11.8 Å². The first-order valence-electron chi connectivity index (χ1n) is 9.07. The Balaban J connectivity index is 1.65. The Bertz CT molecular complexity index is 807. The van der Waals surface area contributed by atoms with Gasteiger partial charge in [-0.05, 0) is 48.4 Å². The quantitative estimate of drug-likeness (QED) is 0.592. The Morgan fingerprint density at radius 3 is 2.14 bits per heavy atom. The van der Waals surface area contributed by atoms with Crippen LogP contribution < -0.4 is 29.6 Å². The van der Waals surface area contributed by atoms with Crippen LogP contribution in [-0.4, -0.2) is 52.8 Å². The SMILES string of the molecule is COc1ccc(OCC(=O)NCC(=O)NCCc2ccc(OC)c(OC)c2)cc1. The monoisotopic (exact) mass is 402 g/mol. The molecule has 0 spiro atoms. The Labute approximate surface area is 170 Å². The van der Waals surface area contributed by atoms with Crippen LogP contribution in [0.4, 0.5) is 0 Å². The number of carbonyl (C=O) groups is 2. The molecule has 0 aliphatic rings. The molecule has 156 valence electrons. The summed E-state index contributed by atoms with van der Waals surface area (Å²) in [4.78, 5) is 23.7. The van der Waals surface area contributed by atoms with E-state index in [-0.39, 0.29) is 25.0 Å². The highest BCUT2D eigenvalue weighted by molar-refractivity contribution is 5.85. The van der Waals surface area contributed by atoms with Gasteiger partial charge in [0, 0.05) is 6.54 Å². The van der Waals surface area contributed by atoms with Crippen molar-refractivity contribution in [3.63, 3.8) is 0 Å². The summed E-state index contributed by atoms with van der Waals surface area (Å²) in [6.45, 7) is 0.147. The number of hydrogen-bond acceptors (Lipinski definition) is 6. The molecule has 2 amide bonds.